The average molecular weight is 470 g/mol. The summed E-state index contributed by atoms with van der Waals surface area (Å²) in [4.78, 5) is 37.0. The number of ketones is 1. The molecular weight excluding hydrogens is 454 g/mol. The molecule has 2 N–H and O–H groups in total. The highest BCUT2D eigenvalue weighted by Gasteiger charge is 2.28. The van der Waals surface area contributed by atoms with Gasteiger partial charge >= 0.3 is 0 Å². The lowest BCUT2D eigenvalue weighted by Gasteiger charge is -2.09. The van der Waals surface area contributed by atoms with E-state index in [4.69, 9.17) is 14.4 Å². The van der Waals surface area contributed by atoms with Gasteiger partial charge in [-0.15, -0.1) is 0 Å². The summed E-state index contributed by atoms with van der Waals surface area (Å²) in [6.07, 6.45) is 0. The molecule has 3 aromatic rings. The zero-order chi connectivity index (χ0) is 21.8. The molecule has 1 aromatic heterocycles. The second-order valence-corrected chi connectivity index (χ2v) is 7.21. The minimum absolute atomic E-state index is 0.0678. The molecule has 9 heteroatoms. The van der Waals surface area contributed by atoms with E-state index in [2.05, 4.69) is 26.6 Å². The number of methoxy groups -OCH3 is 1. The van der Waals surface area contributed by atoms with Crippen molar-refractivity contribution in [2.24, 2.45) is 5.92 Å². The Hall–Kier alpha value is -3.64. The van der Waals surface area contributed by atoms with Crippen LogP contribution in [0.15, 0.2) is 51.4 Å². The van der Waals surface area contributed by atoms with Crippen molar-refractivity contribution in [1.82, 2.24) is 0 Å². The second-order valence-electron chi connectivity index (χ2n) is 6.29. The Morgan fingerprint density at radius 2 is 1.93 bits per heavy atom. The molecule has 30 heavy (non-hydrogen) atoms. The first-order valence-corrected chi connectivity index (χ1v) is 9.51. The van der Waals surface area contributed by atoms with Crippen molar-refractivity contribution in [3.8, 4) is 11.8 Å². The molecule has 2 aromatic carbocycles. The van der Waals surface area contributed by atoms with Crippen molar-refractivity contribution in [1.29, 1.82) is 5.26 Å². The number of nitrogens with one attached hydrogen (secondary N) is 2. The van der Waals surface area contributed by atoms with Gasteiger partial charge in [-0.05, 0) is 37.3 Å². The van der Waals surface area contributed by atoms with Gasteiger partial charge in [0, 0.05) is 21.6 Å². The molecule has 8 nitrogen and oxygen atoms in total. The van der Waals surface area contributed by atoms with Gasteiger partial charge in [-0.2, -0.15) is 5.26 Å². The van der Waals surface area contributed by atoms with Crippen LogP contribution in [0.25, 0.3) is 11.0 Å². The third-order valence-electron chi connectivity index (χ3n) is 4.23. The van der Waals surface area contributed by atoms with Gasteiger partial charge in [0.25, 0.3) is 5.91 Å². The summed E-state index contributed by atoms with van der Waals surface area (Å²) in [7, 11) is 1.51. The lowest BCUT2D eigenvalue weighted by Crippen LogP contribution is -2.27. The molecule has 152 valence electrons. The van der Waals surface area contributed by atoms with Gasteiger partial charge in [-0.1, -0.05) is 22.0 Å². The van der Waals surface area contributed by atoms with Crippen molar-refractivity contribution < 1.29 is 23.5 Å². The molecule has 1 unspecified atom stereocenters. The highest BCUT2D eigenvalue weighted by atomic mass is 79.9. The molecule has 0 spiro atoms. The second kappa shape index (κ2) is 8.80. The molecule has 0 aliphatic carbocycles. The number of fused-ring (bicyclic) bond motifs is 1. The molecule has 0 bridgehead atoms. The van der Waals surface area contributed by atoms with E-state index >= 15 is 0 Å². The SMILES string of the molecule is COc1cccc(NC(=O)c2oc3ccc(Br)cc3c2NC(=O)C(C#N)C(C)=O)c1. The van der Waals surface area contributed by atoms with Crippen molar-refractivity contribution in [3.05, 3.63) is 52.7 Å². The molecule has 0 aliphatic heterocycles. The number of carbonyl (C=O) groups is 3. The first kappa shape index (κ1) is 21.1. The van der Waals surface area contributed by atoms with Gasteiger partial charge in [-0.3, -0.25) is 14.4 Å². The van der Waals surface area contributed by atoms with Crippen LogP contribution in [0.1, 0.15) is 17.5 Å². The number of benzene rings is 2. The zero-order valence-electron chi connectivity index (χ0n) is 16.0. The summed E-state index contributed by atoms with van der Waals surface area (Å²) in [5.41, 5.74) is 0.871. The number of Topliss-reactive ketones (excluding diaryl/α,β-unsaturated/α-hetero) is 1. The summed E-state index contributed by atoms with van der Waals surface area (Å²) in [6, 6.07) is 13.4. The fourth-order valence-corrected chi connectivity index (χ4v) is 3.13. The van der Waals surface area contributed by atoms with Gasteiger partial charge in [-0.25, -0.2) is 0 Å². The van der Waals surface area contributed by atoms with Crippen LogP contribution in [0.3, 0.4) is 0 Å². The monoisotopic (exact) mass is 469 g/mol. The van der Waals surface area contributed by atoms with Crippen LogP contribution in [0.4, 0.5) is 11.4 Å². The summed E-state index contributed by atoms with van der Waals surface area (Å²) in [6.45, 7) is 1.15. The van der Waals surface area contributed by atoms with Crippen LogP contribution in [0.5, 0.6) is 5.75 Å². The predicted molar refractivity (Wildman–Crippen MR) is 113 cm³/mol. The third-order valence-corrected chi connectivity index (χ3v) is 4.72. The number of hydrogen-bond acceptors (Lipinski definition) is 6. The number of nitriles is 1. The normalized spacial score (nSPS) is 11.4. The standard InChI is InChI=1S/C21H16BrN3O5/c1-11(26)16(10-23)20(27)25-18-15-8-12(22)6-7-17(15)30-19(18)21(28)24-13-4-3-5-14(9-13)29-2/h3-9,16H,1-2H3,(H,24,28)(H,25,27). The first-order chi connectivity index (χ1) is 14.3. The number of carbonyl (C=O) groups excluding carboxylic acids is 3. The maximum atomic E-state index is 12.9. The highest BCUT2D eigenvalue weighted by molar-refractivity contribution is 9.10. The fraction of sp³-hybridized carbons (Fsp3) is 0.143. The van der Waals surface area contributed by atoms with Crippen LogP contribution < -0.4 is 15.4 Å². The molecule has 0 saturated carbocycles. The smallest absolute Gasteiger partial charge is 0.293 e. The Kier molecular flexibility index (Phi) is 6.18. The molecule has 0 fully saturated rings. The van der Waals surface area contributed by atoms with Gasteiger partial charge in [0.2, 0.25) is 11.7 Å². The highest BCUT2D eigenvalue weighted by Crippen LogP contribution is 2.34. The first-order valence-electron chi connectivity index (χ1n) is 8.72. The molecule has 0 aliphatic rings. The van der Waals surface area contributed by atoms with Crippen molar-refractivity contribution in [2.45, 2.75) is 6.92 Å². The average Bonchev–Trinajstić information content (AvgIpc) is 3.06. The molecule has 1 heterocycles. The number of ether oxygens (including phenoxy) is 1. The number of nitrogens with zero attached hydrogens (tertiary/aromatic N) is 1. The maximum absolute atomic E-state index is 12.9. The Bertz CT molecular complexity index is 1200. The van der Waals surface area contributed by atoms with Crippen LogP contribution in [0, 0.1) is 17.2 Å². The lowest BCUT2D eigenvalue weighted by atomic mass is 10.1. The number of amides is 2. The van der Waals surface area contributed by atoms with Crippen LogP contribution in [-0.2, 0) is 9.59 Å². The topological polar surface area (TPSA) is 121 Å². The minimum Gasteiger partial charge on any atom is -0.497 e. The molecular formula is C21H16BrN3O5. The number of halogens is 1. The van der Waals surface area contributed by atoms with E-state index in [1.54, 1.807) is 48.5 Å². The largest absolute Gasteiger partial charge is 0.497 e. The van der Waals surface area contributed by atoms with E-state index in [-0.39, 0.29) is 11.4 Å². The summed E-state index contributed by atoms with van der Waals surface area (Å²) in [5, 5.41) is 14.7. The Morgan fingerprint density at radius 3 is 2.60 bits per heavy atom. The lowest BCUT2D eigenvalue weighted by molar-refractivity contribution is -0.127. The number of rotatable bonds is 6. The van der Waals surface area contributed by atoms with Gasteiger partial charge in [0.15, 0.2) is 11.7 Å². The minimum atomic E-state index is -1.50. The summed E-state index contributed by atoms with van der Waals surface area (Å²) < 4.78 is 11.5. The van der Waals surface area contributed by atoms with Crippen LogP contribution in [0.2, 0.25) is 0 Å². The summed E-state index contributed by atoms with van der Waals surface area (Å²) in [5.74, 6) is -3.19. The van der Waals surface area contributed by atoms with Gasteiger partial charge in [0.1, 0.15) is 17.0 Å². The molecule has 0 radical (unpaired) electrons. The van der Waals surface area contributed by atoms with Crippen molar-refractivity contribution in [2.75, 3.05) is 17.7 Å². The third kappa shape index (κ3) is 4.34. The van der Waals surface area contributed by atoms with E-state index in [1.165, 1.54) is 7.11 Å². The maximum Gasteiger partial charge on any atom is 0.293 e. The van der Waals surface area contributed by atoms with Crippen LogP contribution in [-0.4, -0.2) is 24.7 Å². The van der Waals surface area contributed by atoms with E-state index < -0.39 is 23.5 Å². The van der Waals surface area contributed by atoms with Gasteiger partial charge in [0.05, 0.1) is 13.2 Å². The molecule has 2 amide bonds. The van der Waals surface area contributed by atoms with Crippen LogP contribution >= 0.6 is 15.9 Å². The predicted octanol–water partition coefficient (Wildman–Crippen LogP) is 4.12. The van der Waals surface area contributed by atoms with E-state index in [1.807, 2.05) is 0 Å². The Balaban J connectivity index is 2.02. The van der Waals surface area contributed by atoms with Crippen molar-refractivity contribution >= 4 is 55.9 Å². The Labute approximate surface area is 179 Å². The number of hydrogen-bond donors (Lipinski definition) is 2. The zero-order valence-corrected chi connectivity index (χ0v) is 17.6. The Morgan fingerprint density at radius 1 is 1.17 bits per heavy atom. The van der Waals surface area contributed by atoms with E-state index in [0.717, 1.165) is 6.92 Å². The van der Waals surface area contributed by atoms with E-state index in [0.29, 0.717) is 26.9 Å². The van der Waals surface area contributed by atoms with Crippen molar-refractivity contribution in [3.63, 3.8) is 0 Å². The molecule has 1 atom stereocenters. The number of anilines is 2. The molecule has 3 rings (SSSR count). The van der Waals surface area contributed by atoms with Gasteiger partial charge < -0.3 is 19.8 Å². The van der Waals surface area contributed by atoms with E-state index in [9.17, 15) is 14.4 Å². The summed E-state index contributed by atoms with van der Waals surface area (Å²) >= 11 is 3.34. The number of furan rings is 1. The molecule has 0 saturated heterocycles. The fourth-order valence-electron chi connectivity index (χ4n) is 2.77. The quantitative estimate of drug-likeness (QED) is 0.523.